The molecule has 0 radical (unpaired) electrons. The summed E-state index contributed by atoms with van der Waals surface area (Å²) >= 11 is 1.24. The van der Waals surface area contributed by atoms with E-state index >= 15 is 0 Å². The van der Waals surface area contributed by atoms with E-state index in [-0.39, 0.29) is 11.1 Å². The lowest BCUT2D eigenvalue weighted by atomic mass is 9.95. The van der Waals surface area contributed by atoms with E-state index in [0.29, 0.717) is 22.8 Å². The molecule has 8 nitrogen and oxygen atoms in total. The number of hydrogen-bond donors (Lipinski definition) is 2. The number of hydrogen-bond acceptors (Lipinski definition) is 8. The minimum atomic E-state index is -4.30. The predicted molar refractivity (Wildman–Crippen MR) is 97.1 cm³/mol. The first-order valence-corrected chi connectivity index (χ1v) is 9.77. The first kappa shape index (κ1) is 18.4. The quantitative estimate of drug-likeness (QED) is 0.424. The molecule has 1 aromatic rings. The molecule has 0 fully saturated rings. The number of Topliss-reactive ketones (excluding diaryl/α,β-unsaturated/α-hetero) is 1. The minimum absolute atomic E-state index is 0.170. The SMILES string of the molecule is COc1ccc(C(=O)C2=CN3SNC=C3C=C2CS(=O)(=O)O)cc1OC. The Morgan fingerprint density at radius 1 is 1.27 bits per heavy atom. The summed E-state index contributed by atoms with van der Waals surface area (Å²) in [7, 11) is -1.36. The molecule has 0 unspecified atom stereocenters. The second-order valence-corrected chi connectivity index (χ2v) is 7.71. The van der Waals surface area contributed by atoms with Crippen LogP contribution in [0.25, 0.3) is 0 Å². The normalized spacial score (nSPS) is 16.1. The highest BCUT2D eigenvalue weighted by atomic mass is 32.2. The van der Waals surface area contributed by atoms with Crippen LogP contribution in [0.4, 0.5) is 0 Å². The molecule has 0 bridgehead atoms. The number of fused-ring (bicyclic) bond motifs is 1. The van der Waals surface area contributed by atoms with Crippen molar-refractivity contribution in [1.82, 2.24) is 9.03 Å². The van der Waals surface area contributed by atoms with Crippen molar-refractivity contribution in [3.63, 3.8) is 0 Å². The monoisotopic (exact) mass is 396 g/mol. The van der Waals surface area contributed by atoms with Crippen molar-refractivity contribution in [3.8, 4) is 11.5 Å². The molecular weight excluding hydrogens is 380 g/mol. The summed E-state index contributed by atoms with van der Waals surface area (Å²) in [5, 5.41) is 0. The fourth-order valence-corrected chi connectivity index (χ4v) is 3.86. The molecule has 1 aromatic carbocycles. The van der Waals surface area contributed by atoms with Crippen molar-refractivity contribution in [3.05, 3.63) is 59.1 Å². The Morgan fingerprint density at radius 3 is 2.65 bits per heavy atom. The summed E-state index contributed by atoms with van der Waals surface area (Å²) < 4.78 is 46.9. The van der Waals surface area contributed by atoms with Gasteiger partial charge in [-0.3, -0.25) is 13.7 Å². The molecule has 2 heterocycles. The number of ketones is 1. The summed E-state index contributed by atoms with van der Waals surface area (Å²) in [5.41, 5.74) is 1.36. The number of nitrogens with one attached hydrogen (secondary N) is 1. The molecule has 0 spiro atoms. The Balaban J connectivity index is 2.01. The first-order valence-electron chi connectivity index (χ1n) is 7.39. The molecule has 2 aliphatic rings. The van der Waals surface area contributed by atoms with Crippen molar-refractivity contribution in [2.75, 3.05) is 20.0 Å². The van der Waals surface area contributed by atoms with Crippen LogP contribution in [0.3, 0.4) is 0 Å². The van der Waals surface area contributed by atoms with Crippen molar-refractivity contribution >= 4 is 28.0 Å². The fourth-order valence-electron chi connectivity index (χ4n) is 2.58. The number of benzene rings is 1. The number of rotatable bonds is 6. The molecule has 26 heavy (non-hydrogen) atoms. The number of nitrogens with zero attached hydrogens (tertiary/aromatic N) is 1. The summed E-state index contributed by atoms with van der Waals surface area (Å²) in [6, 6.07) is 4.68. The minimum Gasteiger partial charge on any atom is -0.493 e. The molecule has 0 saturated heterocycles. The maximum Gasteiger partial charge on any atom is 0.269 e. The zero-order chi connectivity index (χ0) is 18.9. The van der Waals surface area contributed by atoms with Gasteiger partial charge in [0.2, 0.25) is 0 Å². The van der Waals surface area contributed by atoms with Gasteiger partial charge in [0.15, 0.2) is 17.3 Å². The summed E-state index contributed by atoms with van der Waals surface area (Å²) in [6.45, 7) is 0. The van der Waals surface area contributed by atoms with E-state index in [4.69, 9.17) is 9.47 Å². The highest BCUT2D eigenvalue weighted by Crippen LogP contribution is 2.34. The number of methoxy groups -OCH3 is 2. The Labute approximate surface area is 155 Å². The predicted octanol–water partition coefficient (Wildman–Crippen LogP) is 1.91. The molecule has 0 amide bonds. The van der Waals surface area contributed by atoms with Gasteiger partial charge in [-0.25, -0.2) is 0 Å². The number of ether oxygens (including phenoxy) is 2. The van der Waals surface area contributed by atoms with Crippen LogP contribution < -0.4 is 14.2 Å². The van der Waals surface area contributed by atoms with Gasteiger partial charge in [-0.15, -0.1) is 0 Å². The van der Waals surface area contributed by atoms with Crippen LogP contribution in [-0.2, 0) is 10.1 Å². The third-order valence-corrected chi connectivity index (χ3v) is 5.17. The maximum atomic E-state index is 13.0. The van der Waals surface area contributed by atoms with E-state index < -0.39 is 21.7 Å². The van der Waals surface area contributed by atoms with Gasteiger partial charge in [0.05, 0.1) is 32.1 Å². The largest absolute Gasteiger partial charge is 0.493 e. The van der Waals surface area contributed by atoms with E-state index in [2.05, 4.69) is 4.72 Å². The lowest BCUT2D eigenvalue weighted by molar-refractivity contribution is 0.103. The summed E-state index contributed by atoms with van der Waals surface area (Å²) in [4.78, 5) is 13.0. The van der Waals surface area contributed by atoms with Crippen LogP contribution in [-0.4, -0.2) is 43.0 Å². The first-order chi connectivity index (χ1) is 12.3. The molecule has 10 heteroatoms. The van der Waals surface area contributed by atoms with E-state index in [1.165, 1.54) is 38.6 Å². The Morgan fingerprint density at radius 2 is 2.00 bits per heavy atom. The van der Waals surface area contributed by atoms with E-state index in [0.717, 1.165) is 0 Å². The number of carbonyl (C=O) groups excluding carboxylic acids is 1. The third kappa shape index (κ3) is 3.71. The van der Waals surface area contributed by atoms with Gasteiger partial charge in [-0.2, -0.15) is 8.42 Å². The maximum absolute atomic E-state index is 13.0. The molecule has 3 rings (SSSR count). The summed E-state index contributed by atoms with van der Waals surface area (Å²) in [6.07, 6.45) is 4.76. The van der Waals surface area contributed by atoms with Crippen LogP contribution in [0.5, 0.6) is 11.5 Å². The Bertz CT molecular complexity index is 949. The average molecular weight is 396 g/mol. The van der Waals surface area contributed by atoms with Gasteiger partial charge >= 0.3 is 0 Å². The lowest BCUT2D eigenvalue weighted by Gasteiger charge is -2.22. The highest BCUT2D eigenvalue weighted by Gasteiger charge is 2.28. The summed E-state index contributed by atoms with van der Waals surface area (Å²) in [5.74, 6) is -0.201. The zero-order valence-electron chi connectivity index (χ0n) is 13.9. The van der Waals surface area contributed by atoms with Crippen molar-refractivity contribution in [1.29, 1.82) is 0 Å². The molecule has 0 atom stereocenters. The third-order valence-electron chi connectivity index (χ3n) is 3.76. The topological polar surface area (TPSA) is 105 Å². The van der Waals surface area contributed by atoms with Gasteiger partial charge in [0, 0.05) is 23.5 Å². The van der Waals surface area contributed by atoms with Gasteiger partial charge in [0.1, 0.15) is 5.75 Å². The van der Waals surface area contributed by atoms with Gasteiger partial charge < -0.3 is 14.2 Å². The van der Waals surface area contributed by atoms with Crippen molar-refractivity contribution in [2.24, 2.45) is 0 Å². The van der Waals surface area contributed by atoms with Gasteiger partial charge in [-0.1, -0.05) is 0 Å². The zero-order valence-corrected chi connectivity index (χ0v) is 15.6. The molecule has 2 N–H and O–H groups in total. The van der Waals surface area contributed by atoms with Gasteiger partial charge in [-0.05, 0) is 29.8 Å². The molecule has 0 aliphatic carbocycles. The van der Waals surface area contributed by atoms with E-state index in [9.17, 15) is 17.8 Å². The average Bonchev–Trinajstić information content (AvgIpc) is 3.05. The fraction of sp³-hybridized carbons (Fsp3) is 0.188. The van der Waals surface area contributed by atoms with Crippen LogP contribution in [0, 0.1) is 0 Å². The standard InChI is InChI=1S/C16H16N2O6S2/c1-23-14-4-3-10(6-15(14)24-2)16(19)13-8-18-12(7-17-25-18)5-11(13)9-26(20,21)22/h3-8,17H,9H2,1-2H3,(H,20,21,22). The number of allylic oxidation sites excluding steroid dienone is 2. The van der Waals surface area contributed by atoms with Crippen LogP contribution in [0.2, 0.25) is 0 Å². The van der Waals surface area contributed by atoms with E-state index in [1.54, 1.807) is 28.7 Å². The second kappa shape index (κ2) is 7.06. The van der Waals surface area contributed by atoms with Crippen molar-refractivity contribution in [2.45, 2.75) is 0 Å². The van der Waals surface area contributed by atoms with Crippen LogP contribution >= 0.6 is 12.1 Å². The molecule has 0 aromatic heterocycles. The van der Waals surface area contributed by atoms with Crippen LogP contribution in [0.15, 0.2) is 53.5 Å². The molecule has 0 saturated carbocycles. The highest BCUT2D eigenvalue weighted by molar-refractivity contribution is 7.95. The smallest absolute Gasteiger partial charge is 0.269 e. The molecule has 2 aliphatic heterocycles. The van der Waals surface area contributed by atoms with Gasteiger partial charge in [0.25, 0.3) is 10.1 Å². The number of carbonyl (C=O) groups is 1. The van der Waals surface area contributed by atoms with Crippen LogP contribution in [0.1, 0.15) is 10.4 Å². The molecule has 138 valence electrons. The lowest BCUT2D eigenvalue weighted by Crippen LogP contribution is -2.20. The Hall–Kier alpha value is -2.43. The van der Waals surface area contributed by atoms with Crippen molar-refractivity contribution < 1.29 is 27.2 Å². The Kier molecular flexibility index (Phi) is 4.99. The van der Waals surface area contributed by atoms with E-state index in [1.807, 2.05) is 0 Å². The second-order valence-electron chi connectivity index (χ2n) is 5.44. The molecular formula is C16H16N2O6S2.